The van der Waals surface area contributed by atoms with E-state index in [2.05, 4.69) is 11.4 Å². The average Bonchev–Trinajstić information content (AvgIpc) is 2.92. The molecular weight excluding hydrogens is 265 g/mol. The first-order valence-electron chi connectivity index (χ1n) is 7.33. The van der Waals surface area contributed by atoms with Crippen molar-refractivity contribution in [1.29, 1.82) is 0 Å². The van der Waals surface area contributed by atoms with Crippen LogP contribution in [0.5, 0.6) is 5.75 Å². The monoisotopic (exact) mass is 285 g/mol. The fourth-order valence-corrected chi connectivity index (χ4v) is 3.06. The number of aryl methyl sites for hydroxylation is 1. The van der Waals surface area contributed by atoms with Gasteiger partial charge in [-0.3, -0.25) is 0 Å². The number of rotatable bonds is 4. The Kier molecular flexibility index (Phi) is 3.93. The van der Waals surface area contributed by atoms with Crippen molar-refractivity contribution in [2.24, 2.45) is 0 Å². The van der Waals surface area contributed by atoms with Crippen molar-refractivity contribution in [1.82, 2.24) is 5.32 Å². The van der Waals surface area contributed by atoms with Crippen molar-refractivity contribution in [3.05, 3.63) is 65.0 Å². The predicted octanol–water partition coefficient (Wildman–Crippen LogP) is 3.44. The summed E-state index contributed by atoms with van der Waals surface area (Å²) in [7, 11) is 1.96. The molecular formula is C18H20FNO. The second kappa shape index (κ2) is 5.86. The number of hydrogen-bond acceptors (Lipinski definition) is 2. The van der Waals surface area contributed by atoms with E-state index in [4.69, 9.17) is 4.74 Å². The zero-order valence-electron chi connectivity index (χ0n) is 12.4. The van der Waals surface area contributed by atoms with E-state index in [1.54, 1.807) is 6.07 Å². The molecule has 3 heteroatoms. The van der Waals surface area contributed by atoms with Gasteiger partial charge in [-0.2, -0.15) is 0 Å². The third kappa shape index (κ3) is 2.79. The maximum atomic E-state index is 13.5. The zero-order valence-corrected chi connectivity index (χ0v) is 12.4. The van der Waals surface area contributed by atoms with Crippen LogP contribution in [0.25, 0.3) is 0 Å². The number of likely N-dealkylation sites (N-methyl/N-ethyl adjacent to an activating group) is 1. The summed E-state index contributed by atoms with van der Waals surface area (Å²) in [6.45, 7) is 2.71. The van der Waals surface area contributed by atoms with Gasteiger partial charge in [0, 0.05) is 17.5 Å². The molecule has 2 aromatic carbocycles. The lowest BCUT2D eigenvalue weighted by atomic mass is 9.88. The highest BCUT2D eigenvalue weighted by atomic mass is 19.1. The molecule has 0 saturated carbocycles. The molecule has 3 rings (SSSR count). The van der Waals surface area contributed by atoms with Gasteiger partial charge < -0.3 is 10.1 Å². The van der Waals surface area contributed by atoms with E-state index in [-0.39, 0.29) is 11.9 Å². The van der Waals surface area contributed by atoms with Crippen molar-refractivity contribution >= 4 is 0 Å². The van der Waals surface area contributed by atoms with Gasteiger partial charge >= 0.3 is 0 Å². The van der Waals surface area contributed by atoms with Crippen LogP contribution in [-0.2, 0) is 6.42 Å². The summed E-state index contributed by atoms with van der Waals surface area (Å²) in [5, 5.41) is 3.38. The minimum absolute atomic E-state index is 0.173. The summed E-state index contributed by atoms with van der Waals surface area (Å²) in [5.41, 5.74) is 3.42. The maximum Gasteiger partial charge on any atom is 0.123 e. The molecule has 21 heavy (non-hydrogen) atoms. The molecule has 0 spiro atoms. The molecule has 0 amide bonds. The topological polar surface area (TPSA) is 21.3 Å². The number of fused-ring (bicyclic) bond motifs is 1. The molecule has 0 saturated heterocycles. The van der Waals surface area contributed by atoms with Gasteiger partial charge in [0.25, 0.3) is 0 Å². The summed E-state index contributed by atoms with van der Waals surface area (Å²) in [6, 6.07) is 13.4. The number of ether oxygens (including phenoxy) is 1. The van der Waals surface area contributed by atoms with Gasteiger partial charge in [0.2, 0.25) is 0 Å². The number of benzene rings is 2. The van der Waals surface area contributed by atoms with E-state index in [9.17, 15) is 4.39 Å². The average molecular weight is 285 g/mol. The van der Waals surface area contributed by atoms with Gasteiger partial charge in [-0.05, 0) is 49.7 Å². The molecule has 2 aromatic rings. The second-order valence-corrected chi connectivity index (χ2v) is 5.63. The van der Waals surface area contributed by atoms with Crippen LogP contribution in [0.4, 0.5) is 4.39 Å². The smallest absolute Gasteiger partial charge is 0.123 e. The molecule has 2 atom stereocenters. The first-order chi connectivity index (χ1) is 10.2. The van der Waals surface area contributed by atoms with Crippen molar-refractivity contribution in [3.8, 4) is 5.75 Å². The minimum atomic E-state index is -0.173. The molecule has 0 aromatic heterocycles. The van der Waals surface area contributed by atoms with Gasteiger partial charge in [-0.15, -0.1) is 0 Å². The lowest BCUT2D eigenvalue weighted by Crippen LogP contribution is -2.35. The van der Waals surface area contributed by atoms with Crippen LogP contribution in [0.15, 0.2) is 42.5 Å². The Morgan fingerprint density at radius 2 is 2.10 bits per heavy atom. The van der Waals surface area contributed by atoms with Crippen LogP contribution in [0.1, 0.15) is 22.6 Å². The van der Waals surface area contributed by atoms with Crippen LogP contribution in [0, 0.1) is 12.7 Å². The molecule has 1 aliphatic heterocycles. The van der Waals surface area contributed by atoms with Crippen molar-refractivity contribution in [2.75, 3.05) is 13.7 Å². The Morgan fingerprint density at radius 1 is 1.29 bits per heavy atom. The van der Waals surface area contributed by atoms with Crippen molar-refractivity contribution in [3.63, 3.8) is 0 Å². The highest BCUT2D eigenvalue weighted by Crippen LogP contribution is 2.36. The van der Waals surface area contributed by atoms with E-state index in [0.717, 1.165) is 23.3 Å². The first kappa shape index (κ1) is 14.1. The van der Waals surface area contributed by atoms with Crippen molar-refractivity contribution < 1.29 is 9.13 Å². The molecule has 1 aliphatic rings. The highest BCUT2D eigenvalue weighted by Gasteiger charge is 2.30. The summed E-state index contributed by atoms with van der Waals surface area (Å²) in [4.78, 5) is 0. The van der Waals surface area contributed by atoms with E-state index in [1.807, 2.05) is 38.2 Å². The summed E-state index contributed by atoms with van der Waals surface area (Å²) in [5.74, 6) is 1.10. The Morgan fingerprint density at radius 3 is 2.90 bits per heavy atom. The van der Waals surface area contributed by atoms with Gasteiger partial charge in [0.15, 0.2) is 0 Å². The van der Waals surface area contributed by atoms with Crippen LogP contribution in [-0.4, -0.2) is 19.7 Å². The van der Waals surface area contributed by atoms with E-state index >= 15 is 0 Å². The second-order valence-electron chi connectivity index (χ2n) is 5.63. The van der Waals surface area contributed by atoms with Crippen LogP contribution in [0.2, 0.25) is 0 Å². The Hall–Kier alpha value is -1.87. The van der Waals surface area contributed by atoms with E-state index < -0.39 is 0 Å². The van der Waals surface area contributed by atoms with Gasteiger partial charge in [-0.1, -0.05) is 24.3 Å². The molecule has 1 N–H and O–H groups in total. The van der Waals surface area contributed by atoms with Crippen LogP contribution in [0.3, 0.4) is 0 Å². The third-order valence-corrected chi connectivity index (χ3v) is 4.34. The Bertz CT molecular complexity index is 641. The fourth-order valence-electron chi connectivity index (χ4n) is 3.06. The number of hydrogen-bond donors (Lipinski definition) is 1. The SMILES string of the molecule is CNC(Cc1cc(F)ccc1C)C1COc2ccccc21. The third-order valence-electron chi connectivity index (χ3n) is 4.34. The molecule has 0 fully saturated rings. The largest absolute Gasteiger partial charge is 0.493 e. The van der Waals surface area contributed by atoms with Gasteiger partial charge in [0.1, 0.15) is 11.6 Å². The normalized spacial score (nSPS) is 18.1. The first-order valence-corrected chi connectivity index (χ1v) is 7.33. The lowest BCUT2D eigenvalue weighted by molar-refractivity contribution is 0.301. The molecule has 0 radical (unpaired) electrons. The Balaban J connectivity index is 1.85. The molecule has 2 unspecified atom stereocenters. The van der Waals surface area contributed by atoms with Crippen LogP contribution >= 0.6 is 0 Å². The standard InChI is InChI=1S/C18H20FNO/c1-12-7-8-14(19)9-13(12)10-17(20-2)16-11-21-18-6-4-3-5-15(16)18/h3-9,16-17,20H,10-11H2,1-2H3. The molecule has 0 bridgehead atoms. The maximum absolute atomic E-state index is 13.5. The minimum Gasteiger partial charge on any atom is -0.493 e. The summed E-state index contributed by atoms with van der Waals surface area (Å²) >= 11 is 0. The zero-order chi connectivity index (χ0) is 14.8. The number of nitrogens with one attached hydrogen (secondary N) is 1. The molecule has 0 aliphatic carbocycles. The Labute approximate surface area is 125 Å². The molecule has 1 heterocycles. The molecule has 110 valence electrons. The van der Waals surface area contributed by atoms with Gasteiger partial charge in [0.05, 0.1) is 6.61 Å². The van der Waals surface area contributed by atoms with E-state index in [1.165, 1.54) is 11.6 Å². The summed E-state index contributed by atoms with van der Waals surface area (Å²) < 4.78 is 19.2. The van der Waals surface area contributed by atoms with Gasteiger partial charge in [-0.25, -0.2) is 4.39 Å². The predicted molar refractivity (Wildman–Crippen MR) is 82.4 cm³/mol. The van der Waals surface area contributed by atoms with Crippen LogP contribution < -0.4 is 10.1 Å². The number of para-hydroxylation sites is 1. The van der Waals surface area contributed by atoms with Crippen molar-refractivity contribution in [2.45, 2.75) is 25.3 Å². The summed E-state index contributed by atoms with van der Waals surface area (Å²) in [6.07, 6.45) is 0.794. The number of halogens is 1. The van der Waals surface area contributed by atoms with E-state index in [0.29, 0.717) is 12.5 Å². The lowest BCUT2D eigenvalue weighted by Gasteiger charge is -2.23. The fraction of sp³-hybridized carbons (Fsp3) is 0.333. The highest BCUT2D eigenvalue weighted by molar-refractivity contribution is 5.41. The quantitative estimate of drug-likeness (QED) is 0.929. The molecule has 2 nitrogen and oxygen atoms in total.